The molecule has 0 bridgehead atoms. The molecule has 7 heteroatoms. The molecule has 0 aliphatic carbocycles. The Balaban J connectivity index is 2.03. The number of hydrogen-bond acceptors (Lipinski definition) is 4. The van der Waals surface area contributed by atoms with Gasteiger partial charge in [-0.3, -0.25) is 9.59 Å². The lowest BCUT2D eigenvalue weighted by atomic mass is 10.2. The third-order valence-corrected chi connectivity index (χ3v) is 3.71. The number of carbonyl (C=O) groups is 2. The average Bonchev–Trinajstić information content (AvgIpc) is 2.55. The zero-order chi connectivity index (χ0) is 17.5. The zero-order valence-electron chi connectivity index (χ0n) is 13.3. The number of ether oxygens (including phenoxy) is 2. The van der Waals surface area contributed by atoms with Crippen LogP contribution in [0.15, 0.2) is 42.5 Å². The third kappa shape index (κ3) is 5.41. The summed E-state index contributed by atoms with van der Waals surface area (Å²) in [7, 11) is 1.53. The Labute approximate surface area is 153 Å². The van der Waals surface area contributed by atoms with Crippen LogP contribution in [0.25, 0.3) is 0 Å². The fraction of sp³-hybridized carbons (Fsp3) is 0.176. The van der Waals surface area contributed by atoms with Gasteiger partial charge in [0, 0.05) is 16.6 Å². The van der Waals surface area contributed by atoms with Crippen molar-refractivity contribution >= 4 is 45.8 Å². The Hall–Kier alpha value is -2.29. The summed E-state index contributed by atoms with van der Waals surface area (Å²) < 4.78 is 11.7. The number of nitrogens with one attached hydrogen (secondary N) is 2. The van der Waals surface area contributed by atoms with Gasteiger partial charge in [0.05, 0.1) is 18.5 Å². The molecule has 6 nitrogen and oxygen atoms in total. The fourth-order valence-corrected chi connectivity index (χ4v) is 2.28. The van der Waals surface area contributed by atoms with Gasteiger partial charge in [-0.2, -0.15) is 0 Å². The number of benzene rings is 2. The van der Waals surface area contributed by atoms with E-state index in [2.05, 4.69) is 33.2 Å². The first-order valence-corrected chi connectivity index (χ1v) is 8.19. The first-order valence-electron chi connectivity index (χ1n) is 7.12. The largest absolute Gasteiger partial charge is 0.497 e. The number of anilines is 2. The maximum absolute atomic E-state index is 12.1. The van der Waals surface area contributed by atoms with Crippen molar-refractivity contribution in [3.05, 3.63) is 46.0 Å². The molecule has 0 fully saturated rings. The molecule has 0 spiro atoms. The topological polar surface area (TPSA) is 76.7 Å². The molecule has 2 rings (SSSR count). The number of methoxy groups -OCH3 is 1. The maximum Gasteiger partial charge on any atom is 0.262 e. The van der Waals surface area contributed by atoms with Crippen molar-refractivity contribution in [2.75, 3.05) is 24.4 Å². The molecular formula is C17H17IN2O4. The van der Waals surface area contributed by atoms with Crippen LogP contribution in [0.3, 0.4) is 0 Å². The first-order chi connectivity index (χ1) is 11.5. The predicted octanol–water partition coefficient (Wildman–Crippen LogP) is 3.28. The van der Waals surface area contributed by atoms with Gasteiger partial charge in [0.2, 0.25) is 5.91 Å². The molecule has 2 amide bonds. The number of amides is 2. The van der Waals surface area contributed by atoms with E-state index in [1.165, 1.54) is 14.0 Å². The summed E-state index contributed by atoms with van der Waals surface area (Å²) in [6, 6.07) is 12.4. The van der Waals surface area contributed by atoms with Crippen LogP contribution in [0.5, 0.6) is 11.5 Å². The molecule has 24 heavy (non-hydrogen) atoms. The van der Waals surface area contributed by atoms with E-state index in [0.29, 0.717) is 22.9 Å². The summed E-state index contributed by atoms with van der Waals surface area (Å²) in [4.78, 5) is 23.4. The highest BCUT2D eigenvalue weighted by atomic mass is 127. The van der Waals surface area contributed by atoms with Gasteiger partial charge in [-0.1, -0.05) is 0 Å². The number of halogens is 1. The van der Waals surface area contributed by atoms with Gasteiger partial charge in [0.1, 0.15) is 11.5 Å². The van der Waals surface area contributed by atoms with Crippen molar-refractivity contribution in [2.45, 2.75) is 6.92 Å². The molecule has 0 radical (unpaired) electrons. The third-order valence-electron chi connectivity index (χ3n) is 3.00. The molecule has 0 aliphatic rings. The van der Waals surface area contributed by atoms with Crippen LogP contribution in [0.2, 0.25) is 0 Å². The summed E-state index contributed by atoms with van der Waals surface area (Å²) in [5.74, 6) is 0.607. The van der Waals surface area contributed by atoms with E-state index in [9.17, 15) is 9.59 Å². The molecule has 0 aliphatic heterocycles. The minimum atomic E-state index is -0.339. The van der Waals surface area contributed by atoms with Gasteiger partial charge in [-0.15, -0.1) is 0 Å². The van der Waals surface area contributed by atoms with Crippen LogP contribution in [0, 0.1) is 3.57 Å². The second kappa shape index (κ2) is 8.53. The molecule has 2 aromatic carbocycles. The van der Waals surface area contributed by atoms with Crippen molar-refractivity contribution in [1.82, 2.24) is 0 Å². The summed E-state index contributed by atoms with van der Waals surface area (Å²) in [5.41, 5.74) is 0.937. The predicted molar refractivity (Wildman–Crippen MR) is 101 cm³/mol. The molecule has 0 heterocycles. The van der Waals surface area contributed by atoms with Crippen molar-refractivity contribution in [3.63, 3.8) is 0 Å². The van der Waals surface area contributed by atoms with Crippen molar-refractivity contribution < 1.29 is 19.1 Å². The molecule has 126 valence electrons. The molecule has 0 atom stereocenters. The van der Waals surface area contributed by atoms with E-state index in [1.54, 1.807) is 30.3 Å². The number of carbonyl (C=O) groups excluding carboxylic acids is 2. The Morgan fingerprint density at radius 3 is 2.29 bits per heavy atom. The van der Waals surface area contributed by atoms with Crippen LogP contribution in [-0.2, 0) is 9.59 Å². The number of hydrogen-bond donors (Lipinski definition) is 2. The lowest BCUT2D eigenvalue weighted by Crippen LogP contribution is -2.21. The lowest BCUT2D eigenvalue weighted by molar-refractivity contribution is -0.118. The highest BCUT2D eigenvalue weighted by Gasteiger charge is 2.10. The Bertz CT molecular complexity index is 732. The fourth-order valence-electron chi connectivity index (χ4n) is 1.92. The van der Waals surface area contributed by atoms with Crippen LogP contribution in [-0.4, -0.2) is 25.5 Å². The van der Waals surface area contributed by atoms with Gasteiger partial charge in [0.15, 0.2) is 6.61 Å². The maximum atomic E-state index is 12.1. The molecule has 2 aromatic rings. The molecular weight excluding hydrogens is 423 g/mol. The van der Waals surface area contributed by atoms with Crippen molar-refractivity contribution in [2.24, 2.45) is 0 Å². The zero-order valence-corrected chi connectivity index (χ0v) is 15.4. The van der Waals surface area contributed by atoms with Gasteiger partial charge < -0.3 is 20.1 Å². The van der Waals surface area contributed by atoms with E-state index < -0.39 is 0 Å². The molecule has 0 saturated carbocycles. The molecule has 0 aromatic heterocycles. The van der Waals surface area contributed by atoms with Crippen LogP contribution in [0.4, 0.5) is 11.4 Å². The number of rotatable bonds is 6. The van der Waals surface area contributed by atoms with Crippen LogP contribution in [0.1, 0.15) is 6.92 Å². The van der Waals surface area contributed by atoms with Crippen molar-refractivity contribution in [1.29, 1.82) is 0 Å². The second-order valence-electron chi connectivity index (χ2n) is 4.88. The summed E-state index contributed by atoms with van der Waals surface area (Å²) in [5, 5.41) is 5.37. The van der Waals surface area contributed by atoms with E-state index >= 15 is 0 Å². The smallest absolute Gasteiger partial charge is 0.262 e. The second-order valence-corrected chi connectivity index (χ2v) is 6.13. The molecule has 0 saturated heterocycles. The van der Waals surface area contributed by atoms with Crippen LogP contribution < -0.4 is 20.1 Å². The normalized spacial score (nSPS) is 9.96. The van der Waals surface area contributed by atoms with E-state index in [1.807, 2.05) is 12.1 Å². The van der Waals surface area contributed by atoms with E-state index in [0.717, 1.165) is 3.57 Å². The summed E-state index contributed by atoms with van der Waals surface area (Å²) in [6.45, 7) is 1.26. The Morgan fingerprint density at radius 1 is 1.00 bits per heavy atom. The van der Waals surface area contributed by atoms with Gasteiger partial charge in [0.25, 0.3) is 5.91 Å². The standard InChI is InChI=1S/C17H17IN2O4/c1-11(21)19-15-8-7-14(23-2)9-16(15)20-17(22)10-24-13-5-3-12(18)4-6-13/h3-9H,10H2,1-2H3,(H,19,21)(H,20,22). The minimum Gasteiger partial charge on any atom is -0.497 e. The van der Waals surface area contributed by atoms with Gasteiger partial charge in [-0.05, 0) is 59.0 Å². The quantitative estimate of drug-likeness (QED) is 0.677. The Kier molecular flexibility index (Phi) is 6.42. The molecule has 0 unspecified atom stereocenters. The first kappa shape index (κ1) is 18.1. The SMILES string of the molecule is COc1ccc(NC(C)=O)c(NC(=O)COc2ccc(I)cc2)c1. The lowest BCUT2D eigenvalue weighted by Gasteiger charge is -2.13. The summed E-state index contributed by atoms with van der Waals surface area (Å²) >= 11 is 2.19. The summed E-state index contributed by atoms with van der Waals surface area (Å²) in [6.07, 6.45) is 0. The minimum absolute atomic E-state index is 0.142. The highest BCUT2D eigenvalue weighted by molar-refractivity contribution is 14.1. The van der Waals surface area contributed by atoms with Crippen molar-refractivity contribution in [3.8, 4) is 11.5 Å². The van der Waals surface area contributed by atoms with Crippen LogP contribution >= 0.6 is 22.6 Å². The Morgan fingerprint density at radius 2 is 1.67 bits per heavy atom. The van der Waals surface area contributed by atoms with Gasteiger partial charge >= 0.3 is 0 Å². The monoisotopic (exact) mass is 440 g/mol. The van der Waals surface area contributed by atoms with E-state index in [-0.39, 0.29) is 18.4 Å². The van der Waals surface area contributed by atoms with E-state index in [4.69, 9.17) is 9.47 Å². The average molecular weight is 440 g/mol. The van der Waals surface area contributed by atoms with Gasteiger partial charge in [-0.25, -0.2) is 0 Å². The highest BCUT2D eigenvalue weighted by Crippen LogP contribution is 2.27. The molecule has 2 N–H and O–H groups in total.